The molecule has 2 unspecified atom stereocenters. The fraction of sp³-hybridized carbons (Fsp3) is 0.545. The molecule has 2 atom stereocenters. The van der Waals surface area contributed by atoms with E-state index >= 15 is 0 Å². The van der Waals surface area contributed by atoms with Gasteiger partial charge in [-0.25, -0.2) is 9.59 Å². The zero-order chi connectivity index (χ0) is 35.4. The van der Waals surface area contributed by atoms with Gasteiger partial charge in [-0.3, -0.25) is 34.8 Å². The van der Waals surface area contributed by atoms with Gasteiger partial charge in [0.1, 0.15) is 11.2 Å². The number of ether oxygens (including phenoxy) is 2. The first-order valence-corrected chi connectivity index (χ1v) is 15.8. The van der Waals surface area contributed by atoms with Gasteiger partial charge in [0.2, 0.25) is 0 Å². The molecular weight excluding hydrogens is 624 g/mol. The van der Waals surface area contributed by atoms with Crippen molar-refractivity contribution in [3.05, 3.63) is 79.9 Å². The lowest BCUT2D eigenvalue weighted by Gasteiger charge is -2.46. The standard InChI is InChI=1S/C33H44N6O9/c1-32(2,3)47-30(41)36-17-15-34(19-23-7-11-25(12-8-23)38(43)44)27(21-36)29(40)28-22-37(31(42)48-33(4,5)6)18-16-35(28)20-24-9-13-26(14-10-24)39(45)46/h7-14,27-28H,15-22H2,1-6H3. The van der Waals surface area contributed by atoms with Gasteiger partial charge in [-0.15, -0.1) is 0 Å². The van der Waals surface area contributed by atoms with Crippen molar-refractivity contribution in [3.63, 3.8) is 0 Å². The summed E-state index contributed by atoms with van der Waals surface area (Å²) in [6, 6.07) is 10.6. The highest BCUT2D eigenvalue weighted by molar-refractivity contribution is 5.91. The smallest absolute Gasteiger partial charge is 0.410 e. The summed E-state index contributed by atoms with van der Waals surface area (Å²) in [7, 11) is 0. The van der Waals surface area contributed by atoms with Crippen LogP contribution in [0.1, 0.15) is 52.7 Å². The first kappa shape index (κ1) is 36.2. The van der Waals surface area contributed by atoms with Crippen molar-refractivity contribution in [2.75, 3.05) is 39.3 Å². The number of non-ortho nitro benzene ring substituents is 2. The lowest BCUT2D eigenvalue weighted by molar-refractivity contribution is -0.385. The third-order valence-electron chi connectivity index (χ3n) is 8.01. The second kappa shape index (κ2) is 14.6. The van der Waals surface area contributed by atoms with Gasteiger partial charge in [-0.2, -0.15) is 0 Å². The average molecular weight is 669 g/mol. The van der Waals surface area contributed by atoms with E-state index in [1.807, 2.05) is 9.80 Å². The summed E-state index contributed by atoms with van der Waals surface area (Å²) in [5.74, 6) is -0.222. The van der Waals surface area contributed by atoms with Crippen LogP contribution in [0.5, 0.6) is 0 Å². The van der Waals surface area contributed by atoms with Crippen molar-refractivity contribution in [1.82, 2.24) is 19.6 Å². The quantitative estimate of drug-likeness (QED) is 0.284. The SMILES string of the molecule is CC(C)(C)OC(=O)N1CCN(Cc2ccc([N+](=O)[O-])cc2)C(C(=O)C2CN(C(=O)OC(C)(C)C)CCN2Cc2ccc([N+](=O)[O-])cc2)C1. The van der Waals surface area contributed by atoms with E-state index in [4.69, 9.17) is 9.47 Å². The number of benzene rings is 2. The van der Waals surface area contributed by atoms with Gasteiger partial charge in [-0.1, -0.05) is 24.3 Å². The molecule has 0 N–H and O–H groups in total. The van der Waals surface area contributed by atoms with Gasteiger partial charge in [0.05, 0.1) is 21.9 Å². The normalized spacial score (nSPS) is 19.5. The fourth-order valence-electron chi connectivity index (χ4n) is 5.68. The number of nitrogens with zero attached hydrogens (tertiary/aromatic N) is 6. The van der Waals surface area contributed by atoms with Gasteiger partial charge < -0.3 is 19.3 Å². The van der Waals surface area contributed by atoms with Crippen molar-refractivity contribution in [2.45, 2.75) is 77.9 Å². The van der Waals surface area contributed by atoms with Crippen LogP contribution in [0.4, 0.5) is 21.0 Å². The summed E-state index contributed by atoms with van der Waals surface area (Å²) in [6.07, 6.45) is -1.09. The Morgan fingerprint density at radius 1 is 0.646 bits per heavy atom. The van der Waals surface area contributed by atoms with Gasteiger partial charge in [0.25, 0.3) is 11.4 Å². The second-order valence-electron chi connectivity index (χ2n) is 14.1. The molecule has 0 aromatic heterocycles. The van der Waals surface area contributed by atoms with Crippen molar-refractivity contribution >= 4 is 29.3 Å². The number of nitro groups is 2. The van der Waals surface area contributed by atoms with E-state index in [1.165, 1.54) is 34.1 Å². The van der Waals surface area contributed by atoms with Crippen LogP contribution in [0, 0.1) is 20.2 Å². The lowest BCUT2D eigenvalue weighted by atomic mass is 9.96. The highest BCUT2D eigenvalue weighted by Gasteiger charge is 2.43. The molecule has 4 rings (SSSR count). The third-order valence-corrected chi connectivity index (χ3v) is 8.01. The van der Waals surface area contributed by atoms with Gasteiger partial charge in [-0.05, 0) is 52.7 Å². The Morgan fingerprint density at radius 2 is 0.979 bits per heavy atom. The van der Waals surface area contributed by atoms with Gasteiger partial charge in [0.15, 0.2) is 5.78 Å². The highest BCUT2D eigenvalue weighted by atomic mass is 16.6. The van der Waals surface area contributed by atoms with Crippen LogP contribution in [-0.2, 0) is 27.4 Å². The molecule has 0 saturated carbocycles. The monoisotopic (exact) mass is 668 g/mol. The largest absolute Gasteiger partial charge is 0.444 e. The molecule has 0 bridgehead atoms. The van der Waals surface area contributed by atoms with Crippen LogP contribution in [-0.4, -0.2) is 110 Å². The van der Waals surface area contributed by atoms with Crippen molar-refractivity contribution in [3.8, 4) is 0 Å². The summed E-state index contributed by atoms with van der Waals surface area (Å²) < 4.78 is 11.3. The lowest BCUT2D eigenvalue weighted by Crippen LogP contribution is -2.65. The number of nitro benzene ring substituents is 2. The van der Waals surface area contributed by atoms with E-state index in [0.29, 0.717) is 39.3 Å². The first-order valence-electron chi connectivity index (χ1n) is 15.8. The Labute approximate surface area is 279 Å². The van der Waals surface area contributed by atoms with E-state index in [-0.39, 0.29) is 30.2 Å². The molecule has 2 heterocycles. The highest BCUT2D eigenvalue weighted by Crippen LogP contribution is 2.25. The molecule has 0 radical (unpaired) electrons. The second-order valence-corrected chi connectivity index (χ2v) is 14.1. The van der Waals surface area contributed by atoms with Crippen LogP contribution >= 0.6 is 0 Å². The van der Waals surface area contributed by atoms with E-state index < -0.39 is 45.3 Å². The van der Waals surface area contributed by atoms with Crippen LogP contribution in [0.25, 0.3) is 0 Å². The topological polar surface area (TPSA) is 169 Å². The molecule has 0 spiro atoms. The van der Waals surface area contributed by atoms with Gasteiger partial charge >= 0.3 is 12.2 Å². The van der Waals surface area contributed by atoms with Crippen LogP contribution in [0.2, 0.25) is 0 Å². The molecule has 2 fully saturated rings. The van der Waals surface area contributed by atoms with E-state index in [2.05, 4.69) is 0 Å². The molecule has 48 heavy (non-hydrogen) atoms. The third kappa shape index (κ3) is 9.70. The summed E-state index contributed by atoms with van der Waals surface area (Å²) >= 11 is 0. The Bertz CT molecular complexity index is 1390. The number of hydrogen-bond donors (Lipinski definition) is 0. The summed E-state index contributed by atoms with van der Waals surface area (Å²) in [5, 5.41) is 22.4. The van der Waals surface area contributed by atoms with Gasteiger partial charge in [0, 0.05) is 76.6 Å². The minimum Gasteiger partial charge on any atom is -0.444 e. The number of piperazine rings is 2. The fourth-order valence-corrected chi connectivity index (χ4v) is 5.68. The van der Waals surface area contributed by atoms with E-state index in [9.17, 15) is 34.6 Å². The zero-order valence-electron chi connectivity index (χ0n) is 28.3. The number of Topliss-reactive ketones (excluding diaryl/α,β-unsaturated/α-hetero) is 1. The molecule has 2 aromatic rings. The molecule has 15 heteroatoms. The molecule has 260 valence electrons. The molecule has 0 aliphatic carbocycles. The maximum Gasteiger partial charge on any atom is 0.410 e. The molecule has 2 aliphatic heterocycles. The molecule has 2 amide bonds. The Balaban J connectivity index is 1.65. The molecular formula is C33H44N6O9. The maximum atomic E-state index is 14.7. The van der Waals surface area contributed by atoms with Crippen molar-refractivity contribution in [2.24, 2.45) is 0 Å². The first-order chi connectivity index (χ1) is 22.4. The Hall–Kier alpha value is -4.63. The molecule has 2 aliphatic rings. The number of carbonyl (C=O) groups is 3. The molecule has 15 nitrogen and oxygen atoms in total. The number of carbonyl (C=O) groups excluding carboxylic acids is 3. The summed E-state index contributed by atoms with van der Waals surface area (Å²) in [6.45, 7) is 12.5. The average Bonchev–Trinajstić information content (AvgIpc) is 3.00. The van der Waals surface area contributed by atoms with Crippen LogP contribution < -0.4 is 0 Å². The van der Waals surface area contributed by atoms with Crippen molar-refractivity contribution in [1.29, 1.82) is 0 Å². The Morgan fingerprint density at radius 3 is 1.27 bits per heavy atom. The summed E-state index contributed by atoms with van der Waals surface area (Å²) in [5.41, 5.74) is -0.0759. The Kier molecular flexibility index (Phi) is 11.0. The summed E-state index contributed by atoms with van der Waals surface area (Å²) in [4.78, 5) is 69.4. The molecule has 2 aromatic carbocycles. The van der Waals surface area contributed by atoms with E-state index in [0.717, 1.165) is 11.1 Å². The number of amides is 2. The van der Waals surface area contributed by atoms with Crippen LogP contribution in [0.15, 0.2) is 48.5 Å². The predicted molar refractivity (Wildman–Crippen MR) is 175 cm³/mol. The minimum atomic E-state index is -0.801. The zero-order valence-corrected chi connectivity index (χ0v) is 28.3. The van der Waals surface area contributed by atoms with E-state index in [1.54, 1.807) is 65.8 Å². The molecule has 2 saturated heterocycles. The van der Waals surface area contributed by atoms with Crippen molar-refractivity contribution < 1.29 is 33.7 Å². The number of ketones is 1. The maximum absolute atomic E-state index is 14.7. The number of rotatable bonds is 8. The predicted octanol–water partition coefficient (Wildman–Crippen LogP) is 4.61. The minimum absolute atomic E-state index is 0.0367. The number of hydrogen-bond acceptors (Lipinski definition) is 11. The van der Waals surface area contributed by atoms with Crippen LogP contribution in [0.3, 0.4) is 0 Å².